The SMILES string of the molecule is CCCc1c(Cl)nc(Cc2c(F)cccc2Cl)nc1Cl. The predicted molar refractivity (Wildman–Crippen MR) is 80.3 cm³/mol. The number of halogens is 4. The zero-order valence-electron chi connectivity index (χ0n) is 10.8. The fourth-order valence-electron chi connectivity index (χ4n) is 1.87. The topological polar surface area (TPSA) is 25.8 Å². The van der Waals surface area contributed by atoms with Gasteiger partial charge in [0.2, 0.25) is 0 Å². The van der Waals surface area contributed by atoms with Crippen molar-refractivity contribution >= 4 is 34.8 Å². The van der Waals surface area contributed by atoms with Crippen LogP contribution in [-0.4, -0.2) is 9.97 Å². The molecule has 0 radical (unpaired) electrons. The lowest BCUT2D eigenvalue weighted by molar-refractivity contribution is 0.612. The molecule has 2 rings (SSSR count). The lowest BCUT2D eigenvalue weighted by Crippen LogP contribution is -2.03. The van der Waals surface area contributed by atoms with E-state index in [0.29, 0.717) is 33.1 Å². The first kappa shape index (κ1) is 15.5. The Morgan fingerprint density at radius 3 is 2.25 bits per heavy atom. The molecule has 2 nitrogen and oxygen atoms in total. The van der Waals surface area contributed by atoms with Gasteiger partial charge in [-0.05, 0) is 18.6 Å². The van der Waals surface area contributed by atoms with Crippen molar-refractivity contribution in [3.63, 3.8) is 0 Å². The quantitative estimate of drug-likeness (QED) is 0.726. The van der Waals surface area contributed by atoms with Crippen molar-refractivity contribution in [3.8, 4) is 0 Å². The van der Waals surface area contributed by atoms with Gasteiger partial charge in [0.05, 0.1) is 0 Å². The Labute approximate surface area is 131 Å². The standard InChI is InChI=1S/C14H12Cl3FN2/c1-2-4-8-13(16)19-12(20-14(8)17)7-9-10(15)5-3-6-11(9)18/h3,5-6H,2,4,7H2,1H3. The van der Waals surface area contributed by atoms with Crippen molar-refractivity contribution in [1.82, 2.24) is 9.97 Å². The third-order valence-corrected chi connectivity index (χ3v) is 3.83. The van der Waals surface area contributed by atoms with Gasteiger partial charge in [0.15, 0.2) is 0 Å². The van der Waals surface area contributed by atoms with Gasteiger partial charge in [0.1, 0.15) is 21.9 Å². The van der Waals surface area contributed by atoms with E-state index in [1.165, 1.54) is 6.07 Å². The van der Waals surface area contributed by atoms with E-state index in [4.69, 9.17) is 34.8 Å². The number of benzene rings is 1. The van der Waals surface area contributed by atoms with Crippen LogP contribution < -0.4 is 0 Å². The lowest BCUT2D eigenvalue weighted by Gasteiger charge is -2.09. The fraction of sp³-hybridized carbons (Fsp3) is 0.286. The van der Waals surface area contributed by atoms with Gasteiger partial charge in [0, 0.05) is 22.6 Å². The normalized spacial score (nSPS) is 10.8. The lowest BCUT2D eigenvalue weighted by atomic mass is 10.1. The van der Waals surface area contributed by atoms with E-state index >= 15 is 0 Å². The van der Waals surface area contributed by atoms with Crippen LogP contribution in [0.25, 0.3) is 0 Å². The van der Waals surface area contributed by atoms with Crippen molar-refractivity contribution in [1.29, 1.82) is 0 Å². The van der Waals surface area contributed by atoms with Gasteiger partial charge in [-0.3, -0.25) is 0 Å². The van der Waals surface area contributed by atoms with E-state index in [1.54, 1.807) is 12.1 Å². The van der Waals surface area contributed by atoms with Gasteiger partial charge < -0.3 is 0 Å². The van der Waals surface area contributed by atoms with Crippen LogP contribution in [-0.2, 0) is 12.8 Å². The highest BCUT2D eigenvalue weighted by molar-refractivity contribution is 6.34. The first-order valence-corrected chi connectivity index (χ1v) is 7.30. The highest BCUT2D eigenvalue weighted by Gasteiger charge is 2.14. The molecule has 0 saturated heterocycles. The molecule has 0 fully saturated rings. The molecule has 0 N–H and O–H groups in total. The number of aromatic nitrogens is 2. The van der Waals surface area contributed by atoms with Crippen molar-refractivity contribution in [2.45, 2.75) is 26.2 Å². The smallest absolute Gasteiger partial charge is 0.137 e. The molecule has 0 aliphatic carbocycles. The predicted octanol–water partition coefficient (Wildman–Crippen LogP) is 5.12. The molecule has 0 unspecified atom stereocenters. The van der Waals surface area contributed by atoms with Gasteiger partial charge in [0.25, 0.3) is 0 Å². The van der Waals surface area contributed by atoms with Crippen LogP contribution >= 0.6 is 34.8 Å². The Balaban J connectivity index is 2.35. The molecule has 0 atom stereocenters. The molecule has 20 heavy (non-hydrogen) atoms. The van der Waals surface area contributed by atoms with Gasteiger partial charge in [-0.1, -0.05) is 54.2 Å². The second kappa shape index (κ2) is 6.70. The van der Waals surface area contributed by atoms with E-state index in [2.05, 4.69) is 9.97 Å². The first-order chi connectivity index (χ1) is 9.52. The van der Waals surface area contributed by atoms with E-state index in [0.717, 1.165) is 12.0 Å². The minimum absolute atomic E-state index is 0.150. The average molecular weight is 334 g/mol. The van der Waals surface area contributed by atoms with E-state index in [9.17, 15) is 4.39 Å². The van der Waals surface area contributed by atoms with Gasteiger partial charge in [-0.15, -0.1) is 0 Å². The maximum atomic E-state index is 13.7. The molecule has 1 aromatic heterocycles. The Morgan fingerprint density at radius 1 is 1.05 bits per heavy atom. The zero-order chi connectivity index (χ0) is 14.7. The van der Waals surface area contributed by atoms with Gasteiger partial charge in [-0.25, -0.2) is 14.4 Å². The Bertz CT molecular complexity index is 589. The molecular weight excluding hydrogens is 322 g/mol. The molecule has 0 bridgehead atoms. The van der Waals surface area contributed by atoms with Crippen LogP contribution in [0.3, 0.4) is 0 Å². The van der Waals surface area contributed by atoms with Crippen LogP contribution in [0.5, 0.6) is 0 Å². The highest BCUT2D eigenvalue weighted by atomic mass is 35.5. The largest absolute Gasteiger partial charge is 0.220 e. The second-order valence-corrected chi connectivity index (χ2v) is 5.45. The first-order valence-electron chi connectivity index (χ1n) is 6.16. The molecule has 1 heterocycles. The summed E-state index contributed by atoms with van der Waals surface area (Å²) in [4.78, 5) is 8.35. The molecule has 106 valence electrons. The average Bonchev–Trinajstić information content (AvgIpc) is 2.38. The Hall–Kier alpha value is -0.900. The third-order valence-electron chi connectivity index (χ3n) is 2.85. The molecule has 0 spiro atoms. The van der Waals surface area contributed by atoms with E-state index < -0.39 is 5.82 Å². The van der Waals surface area contributed by atoms with Gasteiger partial charge >= 0.3 is 0 Å². The molecule has 2 aromatic rings. The summed E-state index contributed by atoms with van der Waals surface area (Å²) in [5, 5.41) is 0.960. The summed E-state index contributed by atoms with van der Waals surface area (Å²) in [5.74, 6) is -0.0437. The van der Waals surface area contributed by atoms with Crippen molar-refractivity contribution in [3.05, 3.63) is 56.3 Å². The summed E-state index contributed by atoms with van der Waals surface area (Å²) in [7, 11) is 0. The van der Waals surface area contributed by atoms with E-state index in [1.807, 2.05) is 6.92 Å². The number of nitrogens with zero attached hydrogens (tertiary/aromatic N) is 2. The van der Waals surface area contributed by atoms with Crippen LogP contribution in [0, 0.1) is 5.82 Å². The summed E-state index contributed by atoms with van der Waals surface area (Å²) in [6, 6.07) is 4.51. The van der Waals surface area contributed by atoms with Crippen LogP contribution in [0.4, 0.5) is 4.39 Å². The van der Waals surface area contributed by atoms with Crippen molar-refractivity contribution in [2.75, 3.05) is 0 Å². The summed E-state index contributed by atoms with van der Waals surface area (Å²) in [6.45, 7) is 2.01. The third kappa shape index (κ3) is 3.40. The van der Waals surface area contributed by atoms with Crippen molar-refractivity contribution < 1.29 is 4.39 Å². The maximum absolute atomic E-state index is 13.7. The summed E-state index contributed by atoms with van der Waals surface area (Å²) >= 11 is 18.2. The summed E-state index contributed by atoms with van der Waals surface area (Å²) in [6.07, 6.45) is 1.75. The van der Waals surface area contributed by atoms with Crippen LogP contribution in [0.2, 0.25) is 15.3 Å². The fourth-order valence-corrected chi connectivity index (χ4v) is 2.71. The van der Waals surface area contributed by atoms with Gasteiger partial charge in [-0.2, -0.15) is 0 Å². The molecule has 0 amide bonds. The molecule has 6 heteroatoms. The number of hydrogen-bond donors (Lipinski definition) is 0. The van der Waals surface area contributed by atoms with Crippen molar-refractivity contribution in [2.24, 2.45) is 0 Å². The second-order valence-electron chi connectivity index (χ2n) is 4.33. The minimum atomic E-state index is -0.397. The summed E-state index contributed by atoms with van der Waals surface area (Å²) in [5.41, 5.74) is 1.06. The monoisotopic (exact) mass is 332 g/mol. The Kier molecular flexibility index (Phi) is 5.19. The molecule has 1 aromatic carbocycles. The maximum Gasteiger partial charge on any atom is 0.137 e. The molecular formula is C14H12Cl3FN2. The van der Waals surface area contributed by atoms with Crippen LogP contribution in [0.1, 0.15) is 30.3 Å². The number of rotatable bonds is 4. The van der Waals surface area contributed by atoms with E-state index in [-0.39, 0.29) is 6.42 Å². The minimum Gasteiger partial charge on any atom is -0.220 e. The molecule has 0 aliphatic heterocycles. The number of hydrogen-bond acceptors (Lipinski definition) is 2. The molecule has 0 saturated carbocycles. The highest BCUT2D eigenvalue weighted by Crippen LogP contribution is 2.26. The summed E-state index contributed by atoms with van der Waals surface area (Å²) < 4.78 is 13.7. The zero-order valence-corrected chi connectivity index (χ0v) is 13.0. The van der Waals surface area contributed by atoms with Crippen LogP contribution in [0.15, 0.2) is 18.2 Å². The molecule has 0 aliphatic rings. The Morgan fingerprint density at radius 2 is 1.70 bits per heavy atom.